The second-order valence-electron chi connectivity index (χ2n) is 4.71. The number of nitrogens with one attached hydrogen (secondary N) is 1. The summed E-state index contributed by atoms with van der Waals surface area (Å²) in [7, 11) is 0. The summed E-state index contributed by atoms with van der Waals surface area (Å²) in [5.74, 6) is -1.62. The molecule has 2 aromatic carbocycles. The van der Waals surface area contributed by atoms with Gasteiger partial charge in [-0.05, 0) is 30.7 Å². The lowest BCUT2D eigenvalue weighted by atomic mass is 10.1. The SMILES string of the molecule is CCOCc1cccc(NC(=O)c2ccc([N+](=O)[O-])cc2F)c1. The molecule has 0 saturated heterocycles. The largest absolute Gasteiger partial charge is 0.377 e. The van der Waals surface area contributed by atoms with Gasteiger partial charge in [-0.25, -0.2) is 4.39 Å². The first-order chi connectivity index (χ1) is 11.0. The van der Waals surface area contributed by atoms with Crippen LogP contribution < -0.4 is 5.32 Å². The van der Waals surface area contributed by atoms with E-state index in [0.717, 1.165) is 23.8 Å². The van der Waals surface area contributed by atoms with E-state index in [9.17, 15) is 19.3 Å². The second-order valence-corrected chi connectivity index (χ2v) is 4.71. The molecule has 0 saturated carbocycles. The van der Waals surface area contributed by atoms with E-state index in [4.69, 9.17) is 4.74 Å². The van der Waals surface area contributed by atoms with Crippen molar-refractivity contribution in [2.75, 3.05) is 11.9 Å². The van der Waals surface area contributed by atoms with E-state index < -0.39 is 22.3 Å². The van der Waals surface area contributed by atoms with Gasteiger partial charge in [0.1, 0.15) is 5.82 Å². The number of rotatable bonds is 6. The minimum Gasteiger partial charge on any atom is -0.377 e. The van der Waals surface area contributed by atoms with Gasteiger partial charge in [-0.1, -0.05) is 12.1 Å². The third-order valence-electron chi connectivity index (χ3n) is 3.07. The Morgan fingerprint density at radius 2 is 2.09 bits per heavy atom. The van der Waals surface area contributed by atoms with Crippen LogP contribution in [0.1, 0.15) is 22.8 Å². The molecule has 0 aliphatic rings. The lowest BCUT2D eigenvalue weighted by molar-refractivity contribution is -0.385. The topological polar surface area (TPSA) is 81.5 Å². The molecule has 120 valence electrons. The van der Waals surface area contributed by atoms with E-state index in [-0.39, 0.29) is 5.56 Å². The molecule has 0 aromatic heterocycles. The summed E-state index contributed by atoms with van der Waals surface area (Å²) in [5, 5.41) is 13.1. The predicted octanol–water partition coefficient (Wildman–Crippen LogP) is 3.52. The van der Waals surface area contributed by atoms with Gasteiger partial charge < -0.3 is 10.1 Å². The zero-order valence-corrected chi connectivity index (χ0v) is 12.4. The van der Waals surface area contributed by atoms with Crippen LogP contribution in [0.4, 0.5) is 15.8 Å². The van der Waals surface area contributed by atoms with Gasteiger partial charge in [-0.3, -0.25) is 14.9 Å². The Morgan fingerprint density at radius 1 is 1.30 bits per heavy atom. The van der Waals surface area contributed by atoms with Crippen LogP contribution in [0.15, 0.2) is 42.5 Å². The average Bonchev–Trinajstić information content (AvgIpc) is 2.53. The molecule has 23 heavy (non-hydrogen) atoms. The van der Waals surface area contributed by atoms with Crippen molar-refractivity contribution in [3.8, 4) is 0 Å². The minimum absolute atomic E-state index is 0.259. The van der Waals surface area contributed by atoms with Crippen molar-refractivity contribution in [2.45, 2.75) is 13.5 Å². The minimum atomic E-state index is -0.942. The summed E-state index contributed by atoms with van der Waals surface area (Å²) in [4.78, 5) is 21.9. The summed E-state index contributed by atoms with van der Waals surface area (Å²) in [6.07, 6.45) is 0. The Bertz CT molecular complexity index is 734. The maximum Gasteiger partial charge on any atom is 0.272 e. The summed E-state index contributed by atoms with van der Waals surface area (Å²) >= 11 is 0. The number of carbonyl (C=O) groups is 1. The molecule has 0 fully saturated rings. The first-order valence-electron chi connectivity index (χ1n) is 6.93. The summed E-state index contributed by atoms with van der Waals surface area (Å²) < 4.78 is 19.1. The Hall–Kier alpha value is -2.80. The normalized spacial score (nSPS) is 10.3. The molecular formula is C16H15FN2O4. The maximum atomic E-state index is 13.8. The Labute approximate surface area is 132 Å². The fourth-order valence-corrected chi connectivity index (χ4v) is 1.96. The zero-order chi connectivity index (χ0) is 16.8. The second kappa shape index (κ2) is 7.46. The molecule has 2 rings (SSSR count). The van der Waals surface area contributed by atoms with Crippen LogP contribution in [0.2, 0.25) is 0 Å². The van der Waals surface area contributed by atoms with Crippen LogP contribution in [0, 0.1) is 15.9 Å². The lowest BCUT2D eigenvalue weighted by Gasteiger charge is -2.08. The number of hydrogen-bond donors (Lipinski definition) is 1. The smallest absolute Gasteiger partial charge is 0.272 e. The highest BCUT2D eigenvalue weighted by molar-refractivity contribution is 6.04. The van der Waals surface area contributed by atoms with Gasteiger partial charge in [-0.15, -0.1) is 0 Å². The van der Waals surface area contributed by atoms with Crippen LogP contribution in [0.25, 0.3) is 0 Å². The Kier molecular flexibility index (Phi) is 5.37. The first kappa shape index (κ1) is 16.6. The molecule has 0 radical (unpaired) electrons. The van der Waals surface area contributed by atoms with Gasteiger partial charge in [0.2, 0.25) is 0 Å². The van der Waals surface area contributed by atoms with Crippen molar-refractivity contribution in [3.63, 3.8) is 0 Å². The molecule has 1 amide bonds. The van der Waals surface area contributed by atoms with E-state index in [1.165, 1.54) is 0 Å². The Balaban J connectivity index is 2.14. The summed E-state index contributed by atoms with van der Waals surface area (Å²) in [5.41, 5.74) is 0.697. The van der Waals surface area contributed by atoms with Gasteiger partial charge in [0, 0.05) is 18.4 Å². The lowest BCUT2D eigenvalue weighted by Crippen LogP contribution is -2.14. The molecular weight excluding hydrogens is 303 g/mol. The molecule has 0 atom stereocenters. The molecule has 1 N–H and O–H groups in total. The van der Waals surface area contributed by atoms with Crippen LogP contribution in [-0.4, -0.2) is 17.4 Å². The highest BCUT2D eigenvalue weighted by Gasteiger charge is 2.16. The summed E-state index contributed by atoms with van der Waals surface area (Å²) in [6.45, 7) is 2.86. The van der Waals surface area contributed by atoms with Crippen molar-refractivity contribution in [1.82, 2.24) is 0 Å². The molecule has 2 aromatic rings. The molecule has 0 aliphatic heterocycles. The molecule has 6 nitrogen and oxygen atoms in total. The van der Waals surface area contributed by atoms with E-state index in [2.05, 4.69) is 5.32 Å². The zero-order valence-electron chi connectivity index (χ0n) is 12.4. The molecule has 7 heteroatoms. The number of non-ortho nitro benzene ring substituents is 1. The fraction of sp³-hybridized carbons (Fsp3) is 0.188. The van der Waals surface area contributed by atoms with E-state index >= 15 is 0 Å². The number of hydrogen-bond acceptors (Lipinski definition) is 4. The molecule has 0 bridgehead atoms. The predicted molar refractivity (Wildman–Crippen MR) is 82.8 cm³/mol. The molecule has 0 aliphatic carbocycles. The number of nitro benzene ring substituents is 1. The number of nitro groups is 1. The van der Waals surface area contributed by atoms with Crippen molar-refractivity contribution < 1.29 is 18.8 Å². The van der Waals surface area contributed by atoms with Crippen LogP contribution >= 0.6 is 0 Å². The maximum absolute atomic E-state index is 13.8. The number of benzene rings is 2. The van der Waals surface area contributed by atoms with Gasteiger partial charge in [0.15, 0.2) is 0 Å². The molecule has 0 unspecified atom stereocenters. The fourth-order valence-electron chi connectivity index (χ4n) is 1.96. The first-order valence-corrected chi connectivity index (χ1v) is 6.93. The molecule has 0 heterocycles. The quantitative estimate of drug-likeness (QED) is 0.652. The highest BCUT2D eigenvalue weighted by Crippen LogP contribution is 2.18. The number of anilines is 1. The van der Waals surface area contributed by atoms with Crippen LogP contribution in [0.3, 0.4) is 0 Å². The van der Waals surface area contributed by atoms with Crippen molar-refractivity contribution >= 4 is 17.3 Å². The van der Waals surface area contributed by atoms with Crippen molar-refractivity contribution in [1.29, 1.82) is 0 Å². The van der Waals surface area contributed by atoms with Crippen LogP contribution in [0.5, 0.6) is 0 Å². The van der Waals surface area contributed by atoms with Crippen LogP contribution in [-0.2, 0) is 11.3 Å². The highest BCUT2D eigenvalue weighted by atomic mass is 19.1. The van der Waals surface area contributed by atoms with E-state index in [1.807, 2.05) is 13.0 Å². The van der Waals surface area contributed by atoms with E-state index in [1.54, 1.807) is 18.2 Å². The van der Waals surface area contributed by atoms with Gasteiger partial charge >= 0.3 is 0 Å². The Morgan fingerprint density at radius 3 is 2.74 bits per heavy atom. The summed E-state index contributed by atoms with van der Waals surface area (Å²) in [6, 6.07) is 9.87. The van der Waals surface area contributed by atoms with E-state index in [0.29, 0.717) is 18.9 Å². The number of nitrogens with zero attached hydrogens (tertiary/aromatic N) is 1. The monoisotopic (exact) mass is 318 g/mol. The number of ether oxygens (including phenoxy) is 1. The molecule has 0 spiro atoms. The number of halogens is 1. The van der Waals surface area contributed by atoms with Crippen molar-refractivity contribution in [3.05, 3.63) is 69.5 Å². The van der Waals surface area contributed by atoms with Gasteiger partial charge in [-0.2, -0.15) is 0 Å². The van der Waals surface area contributed by atoms with Gasteiger partial charge in [0.25, 0.3) is 11.6 Å². The number of carbonyl (C=O) groups excluding carboxylic acids is 1. The third kappa shape index (κ3) is 4.33. The van der Waals surface area contributed by atoms with Gasteiger partial charge in [0.05, 0.1) is 23.2 Å². The van der Waals surface area contributed by atoms with Crippen molar-refractivity contribution in [2.24, 2.45) is 0 Å². The average molecular weight is 318 g/mol. The third-order valence-corrected chi connectivity index (χ3v) is 3.07. The standard InChI is InChI=1S/C16H15FN2O4/c1-2-23-10-11-4-3-5-12(8-11)18-16(20)14-7-6-13(19(21)22)9-15(14)17/h3-9H,2,10H2,1H3,(H,18,20). The number of amides is 1.